The van der Waals surface area contributed by atoms with E-state index in [0.717, 1.165) is 30.5 Å². The molecule has 0 amide bonds. The van der Waals surface area contributed by atoms with Gasteiger partial charge in [-0.15, -0.1) is 5.10 Å². The number of tetrazole rings is 1. The van der Waals surface area contributed by atoms with Crippen LogP contribution in [0.5, 0.6) is 0 Å². The second-order valence-electron chi connectivity index (χ2n) is 6.47. The van der Waals surface area contributed by atoms with Crippen LogP contribution in [-0.2, 0) is 13.1 Å². The molecule has 0 aliphatic carbocycles. The van der Waals surface area contributed by atoms with Gasteiger partial charge in [-0.05, 0) is 42.2 Å². The fraction of sp³-hybridized carbons (Fsp3) is 0.929. The topological polar surface area (TPSA) is 46.8 Å². The van der Waals surface area contributed by atoms with E-state index in [9.17, 15) is 13.2 Å². The van der Waals surface area contributed by atoms with E-state index in [1.807, 2.05) is 0 Å². The predicted octanol–water partition coefficient (Wildman–Crippen LogP) is 3.03. The molecule has 8 heteroatoms. The number of halogens is 3. The van der Waals surface area contributed by atoms with E-state index in [0.29, 0.717) is 24.3 Å². The minimum Gasteiger partial charge on any atom is -0.293 e. The Hall–Kier alpha value is -1.18. The van der Waals surface area contributed by atoms with Gasteiger partial charge in [0.25, 0.3) is 0 Å². The van der Waals surface area contributed by atoms with Crippen LogP contribution in [0.15, 0.2) is 0 Å². The summed E-state index contributed by atoms with van der Waals surface area (Å²) in [5.41, 5.74) is 0. The van der Waals surface area contributed by atoms with Gasteiger partial charge >= 0.3 is 6.18 Å². The third-order valence-electron chi connectivity index (χ3n) is 4.02. The van der Waals surface area contributed by atoms with Gasteiger partial charge in [0.15, 0.2) is 5.82 Å². The summed E-state index contributed by atoms with van der Waals surface area (Å²) in [6.07, 6.45) is 1.29. The summed E-state index contributed by atoms with van der Waals surface area (Å²) >= 11 is 0. The molecular weight excluding hydrogens is 295 g/mol. The Labute approximate surface area is 128 Å². The fourth-order valence-corrected chi connectivity index (χ4v) is 3.07. The molecule has 1 aliphatic heterocycles. The zero-order valence-corrected chi connectivity index (χ0v) is 13.2. The minimum absolute atomic E-state index is 0.299. The summed E-state index contributed by atoms with van der Waals surface area (Å²) in [5.74, 6) is 0.866. The van der Waals surface area contributed by atoms with Crippen LogP contribution in [0.3, 0.4) is 0 Å². The average Bonchev–Trinajstić information content (AvgIpc) is 2.68. The highest BCUT2D eigenvalue weighted by molar-refractivity contribution is 4.86. The smallest absolute Gasteiger partial charge is 0.293 e. The molecule has 1 aliphatic rings. The molecule has 0 spiro atoms. The van der Waals surface area contributed by atoms with Crippen molar-refractivity contribution in [2.24, 2.45) is 5.92 Å². The van der Waals surface area contributed by atoms with E-state index in [-0.39, 0.29) is 0 Å². The van der Waals surface area contributed by atoms with Gasteiger partial charge < -0.3 is 0 Å². The Morgan fingerprint density at radius 2 is 2.00 bits per heavy atom. The molecule has 0 radical (unpaired) electrons. The van der Waals surface area contributed by atoms with E-state index in [2.05, 4.69) is 34.3 Å². The quantitative estimate of drug-likeness (QED) is 0.837. The monoisotopic (exact) mass is 319 g/mol. The summed E-state index contributed by atoms with van der Waals surface area (Å²) in [7, 11) is 0. The predicted molar refractivity (Wildman–Crippen MR) is 76.0 cm³/mol. The molecular formula is C14H24F3N5. The van der Waals surface area contributed by atoms with E-state index in [4.69, 9.17) is 0 Å². The van der Waals surface area contributed by atoms with Gasteiger partial charge in [-0.2, -0.15) is 13.2 Å². The number of likely N-dealkylation sites (tertiary alicyclic amines) is 1. The normalized spacial score (nSPS) is 21.3. The molecule has 126 valence electrons. The van der Waals surface area contributed by atoms with Gasteiger partial charge in [0, 0.05) is 6.04 Å². The molecule has 0 aromatic carbocycles. The second-order valence-corrected chi connectivity index (χ2v) is 6.47. The molecule has 2 heterocycles. The average molecular weight is 319 g/mol. The maximum Gasteiger partial charge on any atom is 0.408 e. The molecule has 5 nitrogen and oxygen atoms in total. The lowest BCUT2D eigenvalue weighted by Gasteiger charge is -2.30. The van der Waals surface area contributed by atoms with E-state index in [1.165, 1.54) is 12.8 Å². The molecule has 1 atom stereocenters. The maximum atomic E-state index is 12.6. The van der Waals surface area contributed by atoms with Crippen LogP contribution >= 0.6 is 0 Å². The molecule has 0 N–H and O–H groups in total. The van der Waals surface area contributed by atoms with Crippen molar-refractivity contribution in [3.05, 3.63) is 5.82 Å². The first-order valence-corrected chi connectivity index (χ1v) is 7.91. The number of nitrogens with zero attached hydrogens (tertiary/aromatic N) is 5. The highest BCUT2D eigenvalue weighted by Crippen LogP contribution is 2.24. The zero-order chi connectivity index (χ0) is 16.2. The van der Waals surface area contributed by atoms with Crippen molar-refractivity contribution in [3.63, 3.8) is 0 Å². The lowest BCUT2D eigenvalue weighted by molar-refractivity contribution is -0.143. The summed E-state index contributed by atoms with van der Waals surface area (Å²) in [5, 5.41) is 10.7. The van der Waals surface area contributed by atoms with E-state index < -0.39 is 12.7 Å². The first-order chi connectivity index (χ1) is 10.3. The summed E-state index contributed by atoms with van der Waals surface area (Å²) < 4.78 is 38.6. The molecule has 1 fully saturated rings. The first kappa shape index (κ1) is 17.2. The second kappa shape index (κ2) is 7.39. The van der Waals surface area contributed by atoms with Crippen molar-refractivity contribution in [2.75, 3.05) is 6.54 Å². The molecule has 1 aromatic heterocycles. The SMILES string of the molecule is CC(C)C[C@@H]1CCCCCN1Cc1nnnn1CC(F)(F)F. The number of hydrogen-bond donors (Lipinski definition) is 0. The van der Waals surface area contributed by atoms with E-state index >= 15 is 0 Å². The van der Waals surface area contributed by atoms with Gasteiger partial charge in [-0.1, -0.05) is 26.7 Å². The van der Waals surface area contributed by atoms with Crippen LogP contribution < -0.4 is 0 Å². The molecule has 0 bridgehead atoms. The van der Waals surface area contributed by atoms with Crippen LogP contribution in [0.25, 0.3) is 0 Å². The van der Waals surface area contributed by atoms with Crippen molar-refractivity contribution in [2.45, 2.75) is 71.3 Å². The van der Waals surface area contributed by atoms with Crippen LogP contribution in [0.4, 0.5) is 13.2 Å². The van der Waals surface area contributed by atoms with Crippen molar-refractivity contribution in [1.82, 2.24) is 25.1 Å². The largest absolute Gasteiger partial charge is 0.408 e. The Balaban J connectivity index is 2.08. The van der Waals surface area contributed by atoms with Crippen molar-refractivity contribution >= 4 is 0 Å². The van der Waals surface area contributed by atoms with Crippen LogP contribution in [0.1, 0.15) is 51.8 Å². The number of rotatable bonds is 5. The lowest BCUT2D eigenvalue weighted by Crippen LogP contribution is -2.36. The Kier molecular flexibility index (Phi) is 5.77. The lowest BCUT2D eigenvalue weighted by atomic mass is 9.99. The maximum absolute atomic E-state index is 12.6. The highest BCUT2D eigenvalue weighted by atomic mass is 19.4. The number of aromatic nitrogens is 4. The van der Waals surface area contributed by atoms with Crippen molar-refractivity contribution < 1.29 is 13.2 Å². The fourth-order valence-electron chi connectivity index (χ4n) is 3.07. The molecule has 22 heavy (non-hydrogen) atoms. The van der Waals surface area contributed by atoms with Crippen LogP contribution in [0.2, 0.25) is 0 Å². The number of alkyl halides is 3. The van der Waals surface area contributed by atoms with Gasteiger partial charge in [0.2, 0.25) is 0 Å². The van der Waals surface area contributed by atoms with Gasteiger partial charge in [0.05, 0.1) is 6.54 Å². The number of hydrogen-bond acceptors (Lipinski definition) is 4. The molecule has 1 saturated heterocycles. The first-order valence-electron chi connectivity index (χ1n) is 7.91. The van der Waals surface area contributed by atoms with Gasteiger partial charge in [-0.3, -0.25) is 4.90 Å². The Morgan fingerprint density at radius 1 is 1.23 bits per heavy atom. The van der Waals surface area contributed by atoms with Gasteiger partial charge in [-0.25, -0.2) is 4.68 Å². The molecule has 2 rings (SSSR count). The molecule has 0 saturated carbocycles. The summed E-state index contributed by atoms with van der Waals surface area (Å²) in [4.78, 5) is 2.26. The minimum atomic E-state index is -4.31. The van der Waals surface area contributed by atoms with Crippen molar-refractivity contribution in [1.29, 1.82) is 0 Å². The van der Waals surface area contributed by atoms with Gasteiger partial charge in [0.1, 0.15) is 6.54 Å². The molecule has 0 unspecified atom stereocenters. The highest BCUT2D eigenvalue weighted by Gasteiger charge is 2.31. The third kappa shape index (κ3) is 5.23. The van der Waals surface area contributed by atoms with Crippen molar-refractivity contribution in [3.8, 4) is 0 Å². The van der Waals surface area contributed by atoms with E-state index in [1.54, 1.807) is 0 Å². The standard InChI is InChI=1S/C14H24F3N5/c1-11(2)8-12-6-4-3-5-7-21(12)9-13-18-19-20-22(13)10-14(15,16)17/h11-12H,3-10H2,1-2H3/t12-/m0/s1. The third-order valence-corrected chi connectivity index (χ3v) is 4.02. The Morgan fingerprint density at radius 3 is 2.68 bits per heavy atom. The zero-order valence-electron chi connectivity index (χ0n) is 13.2. The van der Waals surface area contributed by atoms with Crippen LogP contribution in [-0.4, -0.2) is 43.9 Å². The summed E-state index contributed by atoms with van der Waals surface area (Å²) in [6, 6.07) is 0.401. The Bertz CT molecular complexity index is 458. The van der Waals surface area contributed by atoms with Crippen LogP contribution in [0, 0.1) is 5.92 Å². The molecule has 1 aromatic rings. The summed E-state index contributed by atoms with van der Waals surface area (Å²) in [6.45, 7) is 4.52.